The smallest absolute Gasteiger partial charge is 0.335 e. The lowest BCUT2D eigenvalue weighted by Gasteiger charge is -2.29. The number of sulfonamides is 1. The van der Waals surface area contributed by atoms with Crippen molar-refractivity contribution in [2.45, 2.75) is 62.4 Å². The van der Waals surface area contributed by atoms with Gasteiger partial charge in [-0.1, -0.05) is 18.2 Å². The third-order valence-corrected chi connectivity index (χ3v) is 10.9. The molecule has 2 fully saturated rings. The largest absolute Gasteiger partial charge is 0.492 e. The molecule has 15 heteroatoms. The van der Waals surface area contributed by atoms with E-state index < -0.39 is 69.0 Å². The zero-order valence-corrected chi connectivity index (χ0v) is 29.0. The molecule has 4 aromatic rings. The highest BCUT2D eigenvalue weighted by atomic mass is 32.2. The Morgan fingerprint density at radius 2 is 1.53 bits per heavy atom. The first-order valence-corrected chi connectivity index (χ1v) is 18.1. The van der Waals surface area contributed by atoms with Crippen molar-refractivity contribution in [3.63, 3.8) is 0 Å². The molecule has 0 saturated heterocycles. The summed E-state index contributed by atoms with van der Waals surface area (Å²) in [5.74, 6) is -11.5. The molecule has 0 aliphatic heterocycles. The van der Waals surface area contributed by atoms with Gasteiger partial charge in [-0.25, -0.2) is 35.2 Å². The molecule has 0 unspecified atom stereocenters. The average Bonchev–Trinajstić information content (AvgIpc) is 4.05. The van der Waals surface area contributed by atoms with Gasteiger partial charge in [0, 0.05) is 12.6 Å². The first kappa shape index (κ1) is 37.4. The number of rotatable bonds is 14. The van der Waals surface area contributed by atoms with Crippen molar-refractivity contribution >= 4 is 27.6 Å². The minimum Gasteiger partial charge on any atom is -0.492 e. The number of anilines is 1. The highest BCUT2D eigenvalue weighted by Crippen LogP contribution is 2.46. The Bertz CT molecular complexity index is 2240. The normalized spacial score (nSPS) is 14.2. The Morgan fingerprint density at radius 3 is 2.11 bits per heavy atom. The van der Waals surface area contributed by atoms with E-state index in [2.05, 4.69) is 6.07 Å². The molecule has 0 heterocycles. The van der Waals surface area contributed by atoms with Crippen molar-refractivity contribution in [2.24, 2.45) is 0 Å². The zero-order valence-electron chi connectivity index (χ0n) is 28.2. The molecule has 53 heavy (non-hydrogen) atoms. The molecule has 0 aromatic heterocycles. The Hall–Kier alpha value is -5.33. The Kier molecular flexibility index (Phi) is 10.6. The van der Waals surface area contributed by atoms with E-state index in [1.165, 1.54) is 18.2 Å². The first-order valence-electron chi connectivity index (χ1n) is 16.7. The van der Waals surface area contributed by atoms with Gasteiger partial charge in [0.15, 0.2) is 23.3 Å². The van der Waals surface area contributed by atoms with E-state index in [1.807, 2.05) is 12.1 Å². The van der Waals surface area contributed by atoms with E-state index >= 15 is 4.39 Å². The van der Waals surface area contributed by atoms with Crippen LogP contribution in [0.3, 0.4) is 0 Å². The number of amides is 1. The number of carboxylic acids is 1. The molecular weight excluding hydrogens is 721 g/mol. The molecule has 1 amide bonds. The SMILES string of the molecule is CCOc1cc(C(=O)O)ccc1N(Cc1cc(C2CC2)cc(C2CC2)c1)C(=O)CN(Cc1cc(F)ccc1C#N)S(=O)(=O)c1cc(F)c(F)c(F)c1F. The first-order chi connectivity index (χ1) is 25.2. The fraction of sp³-hybridized carbons (Fsp3) is 0.289. The number of benzene rings is 4. The van der Waals surface area contributed by atoms with Crippen LogP contribution in [0.15, 0.2) is 65.6 Å². The lowest BCUT2D eigenvalue weighted by atomic mass is 9.99. The van der Waals surface area contributed by atoms with Crippen molar-refractivity contribution in [3.8, 4) is 11.8 Å². The summed E-state index contributed by atoms with van der Waals surface area (Å²) < 4.78 is 106. The highest BCUT2D eigenvalue weighted by Gasteiger charge is 2.36. The Balaban J connectivity index is 1.48. The van der Waals surface area contributed by atoms with E-state index in [0.717, 1.165) is 59.9 Å². The molecular formula is C38H32F5N3O6S. The number of ether oxygens (including phenoxy) is 1. The molecule has 0 radical (unpaired) electrons. The van der Waals surface area contributed by atoms with Crippen LogP contribution in [0.4, 0.5) is 27.6 Å². The van der Waals surface area contributed by atoms with E-state index in [0.29, 0.717) is 21.7 Å². The standard InChI is InChI=1S/C38H32F5N3O6S/c1-2-52-32-15-24(38(48)49)8-10-31(32)46(18-21-11-26(22-3-4-22)13-27(12-21)23-5-6-23)34(47)20-45(19-28-14-29(39)9-7-25(28)17-44)53(50,51)33-16-30(40)35(41)37(43)36(33)42/h7-16,22-23H,2-6,18-20H2,1H3,(H,48,49). The molecule has 0 spiro atoms. The molecule has 9 nitrogen and oxygen atoms in total. The number of nitriles is 1. The van der Waals surface area contributed by atoms with Crippen LogP contribution in [0.1, 0.15) is 82.6 Å². The van der Waals surface area contributed by atoms with Crippen LogP contribution in [-0.2, 0) is 27.9 Å². The summed E-state index contributed by atoms with van der Waals surface area (Å²) in [6.45, 7) is -0.647. The number of hydrogen-bond acceptors (Lipinski definition) is 6. The van der Waals surface area contributed by atoms with Gasteiger partial charge >= 0.3 is 5.97 Å². The maximum Gasteiger partial charge on any atom is 0.335 e. The number of carbonyl (C=O) groups is 2. The molecule has 0 bridgehead atoms. The van der Waals surface area contributed by atoms with E-state index in [9.17, 15) is 45.9 Å². The summed E-state index contributed by atoms with van der Waals surface area (Å²) in [7, 11) is -5.45. The van der Waals surface area contributed by atoms with Gasteiger partial charge in [0.2, 0.25) is 15.9 Å². The highest BCUT2D eigenvalue weighted by molar-refractivity contribution is 7.89. The van der Waals surface area contributed by atoms with Crippen molar-refractivity contribution in [3.05, 3.63) is 123 Å². The number of nitrogens with zero attached hydrogens (tertiary/aromatic N) is 3. The summed E-state index contributed by atoms with van der Waals surface area (Å²) in [5, 5.41) is 19.3. The summed E-state index contributed by atoms with van der Waals surface area (Å²) in [6, 6.07) is 14.2. The Morgan fingerprint density at radius 1 is 0.868 bits per heavy atom. The summed E-state index contributed by atoms with van der Waals surface area (Å²) >= 11 is 0. The summed E-state index contributed by atoms with van der Waals surface area (Å²) in [6.07, 6.45) is 3.94. The second-order valence-electron chi connectivity index (χ2n) is 12.9. The van der Waals surface area contributed by atoms with Crippen LogP contribution in [0.25, 0.3) is 0 Å². The molecule has 2 aliphatic carbocycles. The maximum absolute atomic E-state index is 15.1. The molecule has 1 N–H and O–H groups in total. The predicted molar refractivity (Wildman–Crippen MR) is 181 cm³/mol. The predicted octanol–water partition coefficient (Wildman–Crippen LogP) is 7.53. The fourth-order valence-corrected chi connectivity index (χ4v) is 7.54. The molecule has 2 aliphatic rings. The number of carbonyl (C=O) groups excluding carboxylic acids is 1. The van der Waals surface area contributed by atoms with Gasteiger partial charge in [0.05, 0.1) is 42.6 Å². The molecule has 0 atom stereocenters. The van der Waals surface area contributed by atoms with Gasteiger partial charge in [-0.05, 0) is 103 Å². The van der Waals surface area contributed by atoms with Crippen LogP contribution < -0.4 is 9.64 Å². The van der Waals surface area contributed by atoms with Gasteiger partial charge < -0.3 is 14.7 Å². The van der Waals surface area contributed by atoms with Gasteiger partial charge in [-0.2, -0.15) is 9.57 Å². The van der Waals surface area contributed by atoms with E-state index in [4.69, 9.17) is 4.74 Å². The lowest BCUT2D eigenvalue weighted by molar-refractivity contribution is -0.119. The second-order valence-corrected chi connectivity index (χ2v) is 14.8. The average molecular weight is 754 g/mol. The fourth-order valence-electron chi connectivity index (χ4n) is 6.11. The number of carboxylic acid groups (broad SMARTS) is 1. The third kappa shape index (κ3) is 8.03. The second kappa shape index (κ2) is 15.0. The van der Waals surface area contributed by atoms with Gasteiger partial charge in [-0.15, -0.1) is 0 Å². The van der Waals surface area contributed by atoms with Crippen LogP contribution in [0.5, 0.6) is 5.75 Å². The summed E-state index contributed by atoms with van der Waals surface area (Å²) in [5.41, 5.74) is 2.17. The van der Waals surface area contributed by atoms with Crippen molar-refractivity contribution in [1.29, 1.82) is 5.26 Å². The monoisotopic (exact) mass is 753 g/mol. The molecule has 6 rings (SSSR count). The number of hydrogen-bond donors (Lipinski definition) is 1. The van der Waals surface area contributed by atoms with Crippen molar-refractivity contribution < 1.29 is 49.8 Å². The molecule has 4 aromatic carbocycles. The van der Waals surface area contributed by atoms with Crippen LogP contribution in [-0.4, -0.2) is 42.9 Å². The lowest BCUT2D eigenvalue weighted by Crippen LogP contribution is -2.43. The number of halogens is 5. The van der Waals surface area contributed by atoms with Crippen LogP contribution in [0, 0.1) is 40.4 Å². The van der Waals surface area contributed by atoms with Crippen LogP contribution >= 0.6 is 0 Å². The minimum absolute atomic E-state index is 0.0394. The Labute approximate surface area is 301 Å². The topological polar surface area (TPSA) is 128 Å². The zero-order chi connectivity index (χ0) is 38.2. The summed E-state index contributed by atoms with van der Waals surface area (Å²) in [4.78, 5) is 25.9. The third-order valence-electron chi connectivity index (χ3n) is 9.11. The minimum atomic E-state index is -5.45. The quantitative estimate of drug-likeness (QED) is 0.0801. The van der Waals surface area contributed by atoms with E-state index in [-0.39, 0.29) is 47.3 Å². The van der Waals surface area contributed by atoms with E-state index in [1.54, 1.807) is 13.0 Å². The van der Waals surface area contributed by atoms with Crippen molar-refractivity contribution in [1.82, 2.24) is 4.31 Å². The van der Waals surface area contributed by atoms with Gasteiger partial charge in [0.1, 0.15) is 16.5 Å². The van der Waals surface area contributed by atoms with Crippen molar-refractivity contribution in [2.75, 3.05) is 18.1 Å². The van der Waals surface area contributed by atoms with Crippen LogP contribution in [0.2, 0.25) is 0 Å². The molecule has 276 valence electrons. The molecule has 2 saturated carbocycles. The maximum atomic E-state index is 15.1. The van der Waals surface area contributed by atoms with Gasteiger partial charge in [-0.3, -0.25) is 4.79 Å². The number of aromatic carboxylic acids is 1. The van der Waals surface area contributed by atoms with Gasteiger partial charge in [0.25, 0.3) is 0 Å².